The van der Waals surface area contributed by atoms with E-state index >= 15 is 0 Å². The minimum atomic E-state index is 0.232. The summed E-state index contributed by atoms with van der Waals surface area (Å²) in [5.41, 5.74) is 1.58. The second-order valence-corrected chi connectivity index (χ2v) is 2.60. The Labute approximate surface area is 71.2 Å². The number of carbonyl (C=O) groups is 1. The Morgan fingerprint density at radius 1 is 1.33 bits per heavy atom. The summed E-state index contributed by atoms with van der Waals surface area (Å²) in [6, 6.07) is 6.68. The topological polar surface area (TPSA) is 37.3 Å². The number of allylic oxidation sites excluding steroid dienone is 1. The average molecular weight is 162 g/mol. The summed E-state index contributed by atoms with van der Waals surface area (Å²) in [6.45, 7) is 1.74. The number of phenolic OH excluding ortho intramolecular Hbond substituents is 1. The quantitative estimate of drug-likeness (QED) is 0.533. The maximum atomic E-state index is 10.3. The molecule has 0 radical (unpaired) electrons. The zero-order valence-electron chi connectivity index (χ0n) is 6.82. The molecule has 0 aliphatic carbocycles. The van der Waals surface area contributed by atoms with E-state index in [1.807, 2.05) is 0 Å². The fourth-order valence-corrected chi connectivity index (χ4v) is 0.867. The van der Waals surface area contributed by atoms with Crippen molar-refractivity contribution in [3.8, 4) is 5.75 Å². The van der Waals surface area contributed by atoms with Crippen molar-refractivity contribution in [3.05, 3.63) is 35.4 Å². The molecule has 0 bridgehead atoms. The molecule has 1 aromatic carbocycles. The summed E-state index contributed by atoms with van der Waals surface area (Å²) < 4.78 is 0. The van der Waals surface area contributed by atoms with Gasteiger partial charge in [0.15, 0.2) is 0 Å². The van der Waals surface area contributed by atoms with Gasteiger partial charge in [-0.2, -0.15) is 0 Å². The molecule has 0 amide bonds. The third-order valence-corrected chi connectivity index (χ3v) is 1.47. The van der Waals surface area contributed by atoms with E-state index in [2.05, 4.69) is 0 Å². The van der Waals surface area contributed by atoms with Crippen LogP contribution in [-0.4, -0.2) is 11.4 Å². The predicted octanol–water partition coefficient (Wildman–Crippen LogP) is 1.99. The molecule has 0 saturated heterocycles. The van der Waals surface area contributed by atoms with Crippen LogP contribution in [0.4, 0.5) is 0 Å². The molecule has 0 aliphatic heterocycles. The van der Waals surface area contributed by atoms with Crippen molar-refractivity contribution in [3.63, 3.8) is 0 Å². The van der Waals surface area contributed by atoms with Crippen LogP contribution in [0.2, 0.25) is 0 Å². The summed E-state index contributed by atoms with van der Waals surface area (Å²) in [5.74, 6) is 0.232. The molecule has 0 atom stereocenters. The maximum absolute atomic E-state index is 10.3. The van der Waals surface area contributed by atoms with E-state index in [1.165, 1.54) is 0 Å². The SMILES string of the molecule is C/C(C=O)=C/c1ccc(O)cc1. The number of aromatic hydroxyl groups is 1. The Bertz CT molecular complexity index is 296. The molecule has 0 aromatic heterocycles. The molecular weight excluding hydrogens is 152 g/mol. The first-order valence-electron chi connectivity index (χ1n) is 3.65. The van der Waals surface area contributed by atoms with Crippen LogP contribution in [0.25, 0.3) is 6.08 Å². The number of hydrogen-bond acceptors (Lipinski definition) is 2. The van der Waals surface area contributed by atoms with Crippen molar-refractivity contribution in [2.45, 2.75) is 6.92 Å². The van der Waals surface area contributed by atoms with Crippen molar-refractivity contribution in [1.29, 1.82) is 0 Å². The Morgan fingerprint density at radius 2 is 1.92 bits per heavy atom. The first-order chi connectivity index (χ1) is 5.72. The van der Waals surface area contributed by atoms with Crippen molar-refractivity contribution in [1.82, 2.24) is 0 Å². The molecule has 0 unspecified atom stereocenters. The van der Waals surface area contributed by atoms with Gasteiger partial charge in [-0.1, -0.05) is 12.1 Å². The fourth-order valence-electron chi connectivity index (χ4n) is 0.867. The molecule has 0 saturated carbocycles. The van der Waals surface area contributed by atoms with Crippen LogP contribution in [-0.2, 0) is 4.79 Å². The number of carbonyl (C=O) groups excluding carboxylic acids is 1. The van der Waals surface area contributed by atoms with Crippen LogP contribution in [0.3, 0.4) is 0 Å². The van der Waals surface area contributed by atoms with E-state index in [-0.39, 0.29) is 5.75 Å². The lowest BCUT2D eigenvalue weighted by Crippen LogP contribution is -1.76. The standard InChI is InChI=1S/C10H10O2/c1-8(7-11)6-9-2-4-10(12)5-3-9/h2-7,12H,1H3/b8-6-. The third kappa shape index (κ3) is 2.23. The van der Waals surface area contributed by atoms with Crippen molar-refractivity contribution in [2.24, 2.45) is 0 Å². The van der Waals surface area contributed by atoms with Gasteiger partial charge in [0.25, 0.3) is 0 Å². The molecule has 12 heavy (non-hydrogen) atoms. The van der Waals surface area contributed by atoms with Crippen LogP contribution < -0.4 is 0 Å². The van der Waals surface area contributed by atoms with Crippen LogP contribution in [0, 0.1) is 0 Å². The zero-order valence-corrected chi connectivity index (χ0v) is 6.82. The molecule has 2 nitrogen and oxygen atoms in total. The molecule has 0 aliphatic rings. The van der Waals surface area contributed by atoms with E-state index in [9.17, 15) is 4.79 Å². The normalized spacial score (nSPS) is 11.2. The summed E-state index contributed by atoms with van der Waals surface area (Å²) in [5, 5.41) is 8.96. The summed E-state index contributed by atoms with van der Waals surface area (Å²) >= 11 is 0. The fraction of sp³-hybridized carbons (Fsp3) is 0.100. The number of aldehydes is 1. The molecule has 0 spiro atoms. The minimum absolute atomic E-state index is 0.232. The van der Waals surface area contributed by atoms with Crippen LogP contribution >= 0.6 is 0 Å². The molecule has 1 N–H and O–H groups in total. The highest BCUT2D eigenvalue weighted by atomic mass is 16.3. The maximum Gasteiger partial charge on any atom is 0.145 e. The van der Waals surface area contributed by atoms with E-state index in [4.69, 9.17) is 5.11 Å². The van der Waals surface area contributed by atoms with Crippen LogP contribution in [0.15, 0.2) is 29.8 Å². The van der Waals surface area contributed by atoms with E-state index in [1.54, 1.807) is 37.3 Å². The van der Waals surface area contributed by atoms with Gasteiger partial charge in [-0.3, -0.25) is 4.79 Å². The molecule has 0 heterocycles. The number of rotatable bonds is 2. The van der Waals surface area contributed by atoms with Gasteiger partial charge < -0.3 is 5.11 Å². The average Bonchev–Trinajstić information content (AvgIpc) is 2.09. The first-order valence-corrected chi connectivity index (χ1v) is 3.65. The number of phenols is 1. The van der Waals surface area contributed by atoms with Crippen LogP contribution in [0.5, 0.6) is 5.75 Å². The highest BCUT2D eigenvalue weighted by Gasteiger charge is 1.89. The Morgan fingerprint density at radius 3 is 2.42 bits per heavy atom. The Hall–Kier alpha value is -1.57. The second-order valence-electron chi connectivity index (χ2n) is 2.60. The first kappa shape index (κ1) is 8.53. The van der Waals surface area contributed by atoms with Gasteiger partial charge >= 0.3 is 0 Å². The van der Waals surface area contributed by atoms with Crippen molar-refractivity contribution >= 4 is 12.4 Å². The Kier molecular flexibility index (Phi) is 2.64. The predicted molar refractivity (Wildman–Crippen MR) is 47.8 cm³/mol. The molecular formula is C10H10O2. The van der Waals surface area contributed by atoms with Crippen LogP contribution in [0.1, 0.15) is 12.5 Å². The molecule has 62 valence electrons. The van der Waals surface area contributed by atoms with E-state index in [0.717, 1.165) is 11.8 Å². The highest BCUT2D eigenvalue weighted by molar-refractivity contribution is 5.80. The van der Waals surface area contributed by atoms with E-state index in [0.29, 0.717) is 5.57 Å². The number of hydrogen-bond donors (Lipinski definition) is 1. The Balaban J connectivity index is 2.91. The van der Waals surface area contributed by atoms with E-state index < -0.39 is 0 Å². The molecule has 0 fully saturated rings. The van der Waals surface area contributed by atoms with Crippen molar-refractivity contribution < 1.29 is 9.90 Å². The van der Waals surface area contributed by atoms with Gasteiger partial charge in [-0.15, -0.1) is 0 Å². The second kappa shape index (κ2) is 3.72. The van der Waals surface area contributed by atoms with Gasteiger partial charge in [0.05, 0.1) is 0 Å². The van der Waals surface area contributed by atoms with Crippen molar-refractivity contribution in [2.75, 3.05) is 0 Å². The van der Waals surface area contributed by atoms with Gasteiger partial charge in [0.2, 0.25) is 0 Å². The minimum Gasteiger partial charge on any atom is -0.508 e. The largest absolute Gasteiger partial charge is 0.508 e. The molecule has 1 aromatic rings. The summed E-state index contributed by atoms with van der Waals surface area (Å²) in [7, 11) is 0. The monoisotopic (exact) mass is 162 g/mol. The number of benzene rings is 1. The molecule has 2 heteroatoms. The highest BCUT2D eigenvalue weighted by Crippen LogP contribution is 2.11. The molecule has 1 rings (SSSR count). The zero-order chi connectivity index (χ0) is 8.97. The van der Waals surface area contributed by atoms with Gasteiger partial charge in [-0.05, 0) is 36.3 Å². The third-order valence-electron chi connectivity index (χ3n) is 1.47. The lowest BCUT2D eigenvalue weighted by Gasteiger charge is -1.94. The van der Waals surface area contributed by atoms with Gasteiger partial charge in [0, 0.05) is 0 Å². The smallest absolute Gasteiger partial charge is 0.145 e. The summed E-state index contributed by atoms with van der Waals surface area (Å²) in [4.78, 5) is 10.3. The summed E-state index contributed by atoms with van der Waals surface area (Å²) in [6.07, 6.45) is 2.55. The van der Waals surface area contributed by atoms with Gasteiger partial charge in [-0.25, -0.2) is 0 Å². The lowest BCUT2D eigenvalue weighted by atomic mass is 10.1. The van der Waals surface area contributed by atoms with Gasteiger partial charge in [0.1, 0.15) is 12.0 Å². The lowest BCUT2D eigenvalue weighted by molar-refractivity contribution is -0.104.